The zero-order valence-electron chi connectivity index (χ0n) is 10.7. The monoisotopic (exact) mass is 217 g/mol. The maximum Gasteiger partial charge on any atom is 0.0108 e. The van der Waals surface area contributed by atoms with Crippen LogP contribution in [0.4, 0.5) is 0 Å². The molecule has 1 heteroatoms. The van der Waals surface area contributed by atoms with Crippen molar-refractivity contribution in [2.75, 3.05) is 0 Å². The molecule has 0 spiro atoms. The third-order valence-corrected chi connectivity index (χ3v) is 4.04. The summed E-state index contributed by atoms with van der Waals surface area (Å²) in [6, 6.07) is 4.92. The molecule has 1 nitrogen and oxygen atoms in total. The van der Waals surface area contributed by atoms with E-state index in [1.807, 2.05) is 0 Å². The van der Waals surface area contributed by atoms with Gasteiger partial charge in [-0.15, -0.1) is 0 Å². The zero-order valence-corrected chi connectivity index (χ0v) is 10.7. The lowest BCUT2D eigenvalue weighted by molar-refractivity contribution is 0.260. The Bertz CT molecular complexity index is 354. The Morgan fingerprint density at radius 2 is 1.75 bits per heavy atom. The van der Waals surface area contributed by atoms with E-state index in [0.29, 0.717) is 6.04 Å². The van der Waals surface area contributed by atoms with E-state index in [0.717, 1.165) is 12.3 Å². The van der Waals surface area contributed by atoms with Crippen LogP contribution >= 0.6 is 0 Å². The molecule has 1 aromatic rings. The molecular formula is C15H23N. The molecule has 1 fully saturated rings. The van der Waals surface area contributed by atoms with Gasteiger partial charge >= 0.3 is 0 Å². The van der Waals surface area contributed by atoms with E-state index in [2.05, 4.69) is 32.9 Å². The van der Waals surface area contributed by atoms with Gasteiger partial charge in [0.1, 0.15) is 0 Å². The summed E-state index contributed by atoms with van der Waals surface area (Å²) in [5.41, 5.74) is 11.9. The number of nitrogens with two attached hydrogens (primary N) is 1. The van der Waals surface area contributed by atoms with Gasteiger partial charge in [0.2, 0.25) is 0 Å². The first-order chi connectivity index (χ1) is 7.58. The summed E-state index contributed by atoms with van der Waals surface area (Å²) >= 11 is 0. The van der Waals surface area contributed by atoms with Gasteiger partial charge in [-0.1, -0.05) is 24.1 Å². The van der Waals surface area contributed by atoms with Crippen molar-refractivity contribution in [3.8, 4) is 0 Å². The van der Waals surface area contributed by atoms with Crippen LogP contribution in [-0.2, 0) is 6.42 Å². The van der Waals surface area contributed by atoms with Crippen molar-refractivity contribution in [2.24, 2.45) is 11.7 Å². The third kappa shape index (κ3) is 2.30. The number of benzene rings is 1. The van der Waals surface area contributed by atoms with E-state index in [1.54, 1.807) is 0 Å². The average molecular weight is 217 g/mol. The molecule has 0 aliphatic heterocycles. The van der Waals surface area contributed by atoms with E-state index in [1.165, 1.54) is 41.5 Å². The SMILES string of the molecule is Cc1cc(C)c(CC(N)C2CCC2)c(C)c1. The summed E-state index contributed by atoms with van der Waals surface area (Å²) in [7, 11) is 0. The Morgan fingerprint density at radius 3 is 2.19 bits per heavy atom. The highest BCUT2D eigenvalue weighted by molar-refractivity contribution is 5.38. The van der Waals surface area contributed by atoms with Crippen molar-refractivity contribution in [3.63, 3.8) is 0 Å². The normalized spacial score (nSPS) is 18.2. The molecule has 2 rings (SSSR count). The summed E-state index contributed by atoms with van der Waals surface area (Å²) in [5.74, 6) is 0.778. The van der Waals surface area contributed by atoms with Crippen LogP contribution in [0.1, 0.15) is 41.5 Å². The first-order valence-corrected chi connectivity index (χ1v) is 6.40. The van der Waals surface area contributed by atoms with E-state index < -0.39 is 0 Å². The van der Waals surface area contributed by atoms with Gasteiger partial charge in [0.15, 0.2) is 0 Å². The summed E-state index contributed by atoms with van der Waals surface area (Å²) in [6.45, 7) is 6.58. The number of hydrogen-bond donors (Lipinski definition) is 1. The molecule has 88 valence electrons. The Kier molecular flexibility index (Phi) is 3.34. The standard InChI is InChI=1S/C15H23N/c1-10-7-11(2)14(12(3)8-10)9-15(16)13-5-4-6-13/h7-8,13,15H,4-6,9,16H2,1-3H3. The molecule has 1 unspecified atom stereocenters. The largest absolute Gasteiger partial charge is 0.327 e. The molecule has 1 saturated carbocycles. The minimum absolute atomic E-state index is 0.369. The molecule has 1 atom stereocenters. The fraction of sp³-hybridized carbons (Fsp3) is 0.600. The average Bonchev–Trinajstić information content (AvgIpc) is 2.08. The minimum atomic E-state index is 0.369. The fourth-order valence-electron chi connectivity index (χ4n) is 2.80. The smallest absolute Gasteiger partial charge is 0.0108 e. The lowest BCUT2D eigenvalue weighted by Gasteiger charge is -2.32. The highest BCUT2D eigenvalue weighted by Gasteiger charge is 2.25. The van der Waals surface area contributed by atoms with Crippen molar-refractivity contribution in [2.45, 2.75) is 52.5 Å². The van der Waals surface area contributed by atoms with Crippen molar-refractivity contribution in [1.29, 1.82) is 0 Å². The maximum absolute atomic E-state index is 6.29. The molecule has 1 aromatic carbocycles. The molecule has 0 amide bonds. The second-order valence-electron chi connectivity index (χ2n) is 5.44. The van der Waals surface area contributed by atoms with Gasteiger partial charge < -0.3 is 5.73 Å². The van der Waals surface area contributed by atoms with Gasteiger partial charge in [0.25, 0.3) is 0 Å². The van der Waals surface area contributed by atoms with Crippen molar-refractivity contribution in [1.82, 2.24) is 0 Å². The molecule has 16 heavy (non-hydrogen) atoms. The lowest BCUT2D eigenvalue weighted by atomic mass is 9.77. The summed E-state index contributed by atoms with van der Waals surface area (Å²) in [4.78, 5) is 0. The van der Waals surface area contributed by atoms with Crippen LogP contribution in [0.5, 0.6) is 0 Å². The van der Waals surface area contributed by atoms with Gasteiger partial charge in [-0.05, 0) is 62.6 Å². The quantitative estimate of drug-likeness (QED) is 0.826. The van der Waals surface area contributed by atoms with E-state index in [9.17, 15) is 0 Å². The molecular weight excluding hydrogens is 194 g/mol. The number of aryl methyl sites for hydroxylation is 3. The number of rotatable bonds is 3. The van der Waals surface area contributed by atoms with Crippen LogP contribution in [-0.4, -0.2) is 6.04 Å². The molecule has 1 aliphatic rings. The van der Waals surface area contributed by atoms with Crippen molar-refractivity contribution in [3.05, 3.63) is 34.4 Å². The van der Waals surface area contributed by atoms with Crippen LogP contribution in [0.25, 0.3) is 0 Å². The third-order valence-electron chi connectivity index (χ3n) is 4.04. The minimum Gasteiger partial charge on any atom is -0.327 e. The Morgan fingerprint density at radius 1 is 1.19 bits per heavy atom. The van der Waals surface area contributed by atoms with Gasteiger partial charge in [-0.3, -0.25) is 0 Å². The highest BCUT2D eigenvalue weighted by Crippen LogP contribution is 2.31. The van der Waals surface area contributed by atoms with E-state index in [-0.39, 0.29) is 0 Å². The second kappa shape index (κ2) is 4.58. The van der Waals surface area contributed by atoms with Crippen LogP contribution in [0.3, 0.4) is 0 Å². The first-order valence-electron chi connectivity index (χ1n) is 6.40. The van der Waals surface area contributed by atoms with Crippen LogP contribution in [0.15, 0.2) is 12.1 Å². The molecule has 0 aromatic heterocycles. The Hall–Kier alpha value is -0.820. The van der Waals surface area contributed by atoms with Gasteiger partial charge in [0.05, 0.1) is 0 Å². The zero-order chi connectivity index (χ0) is 11.7. The highest BCUT2D eigenvalue weighted by atomic mass is 14.7. The van der Waals surface area contributed by atoms with E-state index in [4.69, 9.17) is 5.73 Å². The molecule has 0 bridgehead atoms. The Balaban J connectivity index is 2.13. The molecule has 0 saturated heterocycles. The summed E-state index contributed by atoms with van der Waals surface area (Å²) in [6.07, 6.45) is 5.11. The topological polar surface area (TPSA) is 26.0 Å². The molecule has 0 radical (unpaired) electrons. The van der Waals surface area contributed by atoms with Crippen molar-refractivity contribution >= 4 is 0 Å². The van der Waals surface area contributed by atoms with E-state index >= 15 is 0 Å². The molecule has 0 heterocycles. The van der Waals surface area contributed by atoms with Crippen LogP contribution in [0, 0.1) is 26.7 Å². The Labute approximate surface area is 99.0 Å². The maximum atomic E-state index is 6.29. The predicted octanol–water partition coefficient (Wildman–Crippen LogP) is 3.28. The summed E-state index contributed by atoms with van der Waals surface area (Å²) < 4.78 is 0. The van der Waals surface area contributed by atoms with Crippen LogP contribution < -0.4 is 5.73 Å². The van der Waals surface area contributed by atoms with Gasteiger partial charge in [-0.25, -0.2) is 0 Å². The lowest BCUT2D eigenvalue weighted by Crippen LogP contribution is -2.36. The molecule has 1 aliphatic carbocycles. The van der Waals surface area contributed by atoms with Crippen LogP contribution in [0.2, 0.25) is 0 Å². The van der Waals surface area contributed by atoms with Crippen molar-refractivity contribution < 1.29 is 0 Å². The first kappa shape index (κ1) is 11.7. The second-order valence-corrected chi connectivity index (χ2v) is 5.44. The predicted molar refractivity (Wildman–Crippen MR) is 69.7 cm³/mol. The fourth-order valence-corrected chi connectivity index (χ4v) is 2.80. The molecule has 2 N–H and O–H groups in total. The number of hydrogen-bond acceptors (Lipinski definition) is 1. The van der Waals surface area contributed by atoms with Gasteiger partial charge in [0, 0.05) is 6.04 Å². The van der Waals surface area contributed by atoms with Gasteiger partial charge in [-0.2, -0.15) is 0 Å². The summed E-state index contributed by atoms with van der Waals surface area (Å²) in [5, 5.41) is 0.